The number of amides is 2. The number of hydrogen-bond donors (Lipinski definition) is 0. The number of carbonyl (C=O) groups excluding carboxylic acids is 2. The van der Waals surface area contributed by atoms with E-state index in [1.165, 1.54) is 12.3 Å². The van der Waals surface area contributed by atoms with Crippen LogP contribution in [0, 0.1) is 5.82 Å². The maximum atomic E-state index is 13.3. The highest BCUT2D eigenvalue weighted by Gasteiger charge is 2.28. The van der Waals surface area contributed by atoms with E-state index in [0.717, 1.165) is 41.6 Å². The van der Waals surface area contributed by atoms with Crippen molar-refractivity contribution in [3.63, 3.8) is 0 Å². The molecular formula is C27H28ClFN4O3. The van der Waals surface area contributed by atoms with Gasteiger partial charge in [-0.15, -0.1) is 0 Å². The number of aromatic nitrogens is 2. The van der Waals surface area contributed by atoms with Gasteiger partial charge in [0.2, 0.25) is 0 Å². The summed E-state index contributed by atoms with van der Waals surface area (Å²) in [6, 6.07) is 8.62. The number of halogens is 2. The van der Waals surface area contributed by atoms with Crippen LogP contribution in [0.2, 0.25) is 5.02 Å². The Balaban J connectivity index is 1.33. The third kappa shape index (κ3) is 4.87. The molecule has 5 rings (SSSR count). The molecule has 0 spiro atoms. The fourth-order valence-electron chi connectivity index (χ4n) is 4.96. The van der Waals surface area contributed by atoms with Crippen molar-refractivity contribution in [3.8, 4) is 0 Å². The zero-order valence-corrected chi connectivity index (χ0v) is 20.9. The van der Waals surface area contributed by atoms with Crippen LogP contribution in [0.1, 0.15) is 53.0 Å². The van der Waals surface area contributed by atoms with Gasteiger partial charge in [-0.2, -0.15) is 0 Å². The molecule has 1 saturated heterocycles. The Hall–Kier alpha value is -3.26. The number of benzene rings is 1. The number of fused-ring (bicyclic) bond motifs is 2. The van der Waals surface area contributed by atoms with Gasteiger partial charge < -0.3 is 14.5 Å². The fourth-order valence-corrected chi connectivity index (χ4v) is 5.32. The van der Waals surface area contributed by atoms with Crippen LogP contribution in [0.3, 0.4) is 0 Å². The number of ether oxygens (including phenoxy) is 1. The first kappa shape index (κ1) is 24.4. The smallest absolute Gasteiger partial charge is 0.409 e. The van der Waals surface area contributed by atoms with Crippen molar-refractivity contribution < 1.29 is 18.7 Å². The lowest BCUT2D eigenvalue weighted by Gasteiger charge is -2.34. The lowest BCUT2D eigenvalue weighted by atomic mass is 9.84. The van der Waals surface area contributed by atoms with E-state index in [4.69, 9.17) is 21.3 Å². The van der Waals surface area contributed by atoms with Crippen molar-refractivity contribution in [2.75, 3.05) is 32.8 Å². The average molecular weight is 511 g/mol. The standard InChI is InChI=1S/C27H28ClFN4O3/c1-2-13-36-27(35)33-11-9-32(10-12-33)26(34)18-4-7-21-24(15-18)31-23-14-17(3-6-20(23)25(21)28)22-8-5-19(29)16-30-22/h4-5,7-8,15-17H,2-3,6,9-14H2,1H3. The summed E-state index contributed by atoms with van der Waals surface area (Å²) in [6.45, 7) is 4.13. The van der Waals surface area contributed by atoms with Crippen molar-refractivity contribution >= 4 is 34.5 Å². The summed E-state index contributed by atoms with van der Waals surface area (Å²) in [5, 5.41) is 1.51. The zero-order valence-electron chi connectivity index (χ0n) is 20.2. The first-order valence-electron chi connectivity index (χ1n) is 12.4. The molecule has 1 aromatic carbocycles. The second-order valence-corrected chi connectivity index (χ2v) is 9.70. The Morgan fingerprint density at radius 3 is 2.64 bits per heavy atom. The topological polar surface area (TPSA) is 75.6 Å². The summed E-state index contributed by atoms with van der Waals surface area (Å²) in [4.78, 5) is 37.9. The Kier molecular flexibility index (Phi) is 7.05. The summed E-state index contributed by atoms with van der Waals surface area (Å²) >= 11 is 6.79. The molecule has 1 atom stereocenters. The highest BCUT2D eigenvalue weighted by Crippen LogP contribution is 2.37. The van der Waals surface area contributed by atoms with E-state index in [2.05, 4.69) is 4.98 Å². The van der Waals surface area contributed by atoms with Crippen molar-refractivity contribution in [2.24, 2.45) is 0 Å². The Morgan fingerprint density at radius 2 is 1.92 bits per heavy atom. The summed E-state index contributed by atoms with van der Waals surface area (Å²) in [5.74, 6) is -0.302. The molecule has 1 aliphatic carbocycles. The number of pyridine rings is 2. The van der Waals surface area contributed by atoms with Crippen molar-refractivity contribution in [1.29, 1.82) is 0 Å². The van der Waals surface area contributed by atoms with E-state index >= 15 is 0 Å². The summed E-state index contributed by atoms with van der Waals surface area (Å²) < 4.78 is 18.5. The Morgan fingerprint density at radius 1 is 1.14 bits per heavy atom. The van der Waals surface area contributed by atoms with E-state index in [1.807, 2.05) is 13.0 Å². The molecule has 1 unspecified atom stereocenters. The number of nitrogens with zero attached hydrogens (tertiary/aromatic N) is 4. The second-order valence-electron chi connectivity index (χ2n) is 9.32. The van der Waals surface area contributed by atoms with Gasteiger partial charge in [-0.05, 0) is 55.5 Å². The van der Waals surface area contributed by atoms with Crippen LogP contribution in [0.15, 0.2) is 36.5 Å². The maximum Gasteiger partial charge on any atom is 0.409 e. The molecule has 9 heteroatoms. The quantitative estimate of drug-likeness (QED) is 0.494. The molecule has 1 fully saturated rings. The number of carbonyl (C=O) groups is 2. The molecule has 0 N–H and O–H groups in total. The third-order valence-corrected chi connectivity index (χ3v) is 7.39. The lowest BCUT2D eigenvalue weighted by Crippen LogP contribution is -2.50. The molecule has 2 aliphatic rings. The van der Waals surface area contributed by atoms with E-state index < -0.39 is 0 Å². The molecule has 3 heterocycles. The number of piperazine rings is 1. The van der Waals surface area contributed by atoms with E-state index in [-0.39, 0.29) is 23.7 Å². The van der Waals surface area contributed by atoms with Gasteiger partial charge in [0, 0.05) is 54.4 Å². The fraction of sp³-hybridized carbons (Fsp3) is 0.407. The lowest BCUT2D eigenvalue weighted by molar-refractivity contribution is 0.0560. The van der Waals surface area contributed by atoms with E-state index in [9.17, 15) is 14.0 Å². The van der Waals surface area contributed by atoms with Crippen LogP contribution in [-0.4, -0.2) is 64.6 Å². The maximum absolute atomic E-state index is 13.3. The Labute approximate surface area is 214 Å². The number of rotatable bonds is 4. The van der Waals surface area contributed by atoms with Crippen LogP contribution in [-0.2, 0) is 17.6 Å². The molecule has 1 aliphatic heterocycles. The van der Waals surface area contributed by atoms with Gasteiger partial charge >= 0.3 is 6.09 Å². The molecule has 7 nitrogen and oxygen atoms in total. The van der Waals surface area contributed by atoms with Gasteiger partial charge in [-0.3, -0.25) is 14.8 Å². The summed E-state index contributed by atoms with van der Waals surface area (Å²) in [7, 11) is 0. The minimum Gasteiger partial charge on any atom is -0.449 e. The second kappa shape index (κ2) is 10.4. The predicted molar refractivity (Wildman–Crippen MR) is 135 cm³/mol. The predicted octanol–water partition coefficient (Wildman–Crippen LogP) is 5.00. The van der Waals surface area contributed by atoms with Crippen molar-refractivity contribution in [1.82, 2.24) is 19.8 Å². The molecule has 2 aromatic heterocycles. The summed E-state index contributed by atoms with van der Waals surface area (Å²) in [5.41, 5.74) is 4.01. The van der Waals surface area contributed by atoms with Gasteiger partial charge in [-0.1, -0.05) is 24.6 Å². The SMILES string of the molecule is CCCOC(=O)N1CCN(C(=O)c2ccc3c(Cl)c4c(nc3c2)CC(c2ccc(F)cn2)CC4)CC1. The molecule has 36 heavy (non-hydrogen) atoms. The van der Waals surface area contributed by atoms with Crippen molar-refractivity contribution in [2.45, 2.75) is 38.5 Å². The van der Waals surface area contributed by atoms with Crippen LogP contribution < -0.4 is 0 Å². The van der Waals surface area contributed by atoms with Gasteiger partial charge in [0.25, 0.3) is 5.91 Å². The molecule has 3 aromatic rings. The normalized spacial score (nSPS) is 17.7. The largest absolute Gasteiger partial charge is 0.449 e. The average Bonchev–Trinajstić information content (AvgIpc) is 2.91. The van der Waals surface area contributed by atoms with Crippen molar-refractivity contribution in [3.05, 3.63) is 69.9 Å². The first-order valence-corrected chi connectivity index (χ1v) is 12.8. The molecule has 0 radical (unpaired) electrons. The molecule has 0 bridgehead atoms. The zero-order chi connectivity index (χ0) is 25.2. The number of hydrogen-bond acceptors (Lipinski definition) is 5. The third-order valence-electron chi connectivity index (χ3n) is 6.96. The highest BCUT2D eigenvalue weighted by molar-refractivity contribution is 6.36. The Bertz CT molecular complexity index is 1290. The van der Waals surface area contributed by atoms with Crippen LogP contribution in [0.25, 0.3) is 10.9 Å². The van der Waals surface area contributed by atoms with Gasteiger partial charge in [0.05, 0.1) is 23.3 Å². The van der Waals surface area contributed by atoms with Gasteiger partial charge in [0.1, 0.15) is 5.82 Å². The minimum absolute atomic E-state index is 0.0949. The van der Waals surface area contributed by atoms with Crippen LogP contribution in [0.4, 0.5) is 9.18 Å². The van der Waals surface area contributed by atoms with E-state index in [1.54, 1.807) is 28.0 Å². The van der Waals surface area contributed by atoms with Crippen LogP contribution in [0.5, 0.6) is 0 Å². The molecular weight excluding hydrogens is 483 g/mol. The molecule has 2 amide bonds. The highest BCUT2D eigenvalue weighted by atomic mass is 35.5. The van der Waals surface area contributed by atoms with Crippen LogP contribution >= 0.6 is 11.6 Å². The molecule has 0 saturated carbocycles. The molecule has 188 valence electrons. The van der Waals surface area contributed by atoms with Gasteiger partial charge in [-0.25, -0.2) is 9.18 Å². The monoisotopic (exact) mass is 510 g/mol. The van der Waals surface area contributed by atoms with E-state index in [0.29, 0.717) is 55.3 Å². The van der Waals surface area contributed by atoms with Gasteiger partial charge in [0.15, 0.2) is 0 Å². The first-order chi connectivity index (χ1) is 17.4. The minimum atomic E-state index is -0.350. The summed E-state index contributed by atoms with van der Waals surface area (Å²) in [6.07, 6.45) is 4.00.